The van der Waals surface area contributed by atoms with Crippen LogP contribution < -0.4 is 5.32 Å². The molecule has 4 fully saturated rings. The molecule has 8 heteroatoms. The third kappa shape index (κ3) is 4.95. The Morgan fingerprint density at radius 3 is 2.52 bits per heavy atom. The molecule has 150 valence electrons. The molecule has 0 amide bonds. The van der Waals surface area contributed by atoms with Gasteiger partial charge in [0, 0.05) is 82.9 Å². The average Bonchev–Trinajstić information content (AvgIpc) is 3.11. The zero-order valence-corrected chi connectivity index (χ0v) is 17.8. The maximum Gasteiger partial charge on any atom is 0.194 e. The molecule has 1 aromatic heterocycles. The molecule has 4 saturated heterocycles. The van der Waals surface area contributed by atoms with E-state index in [0.717, 1.165) is 56.1 Å². The van der Waals surface area contributed by atoms with Gasteiger partial charge in [0.05, 0.1) is 10.9 Å². The molecule has 2 bridgehead atoms. The minimum Gasteiger partial charge on any atom is -0.357 e. The Kier molecular flexibility index (Phi) is 6.55. The highest BCUT2D eigenvalue weighted by Gasteiger charge is 2.31. The summed E-state index contributed by atoms with van der Waals surface area (Å²) in [5, 5.41) is 3.51. The van der Waals surface area contributed by atoms with Crippen molar-refractivity contribution in [1.82, 2.24) is 24.9 Å². The minimum atomic E-state index is 0.589. The van der Waals surface area contributed by atoms with E-state index in [1.165, 1.54) is 37.6 Å². The Morgan fingerprint density at radius 2 is 1.93 bits per heavy atom. The van der Waals surface area contributed by atoms with Crippen molar-refractivity contribution in [2.45, 2.75) is 19.5 Å². The van der Waals surface area contributed by atoms with Gasteiger partial charge in [0.15, 0.2) is 5.96 Å². The van der Waals surface area contributed by atoms with Crippen LogP contribution in [0.25, 0.3) is 0 Å². The van der Waals surface area contributed by atoms with Gasteiger partial charge in [0.1, 0.15) is 0 Å². The van der Waals surface area contributed by atoms with Crippen LogP contribution in [0.1, 0.15) is 11.8 Å². The number of rotatable bonds is 5. The fourth-order valence-corrected chi connectivity index (χ4v) is 5.42. The lowest BCUT2D eigenvalue weighted by Crippen LogP contribution is -2.62. The molecule has 0 spiro atoms. The number of nitrogens with one attached hydrogen (secondary N) is 1. The molecule has 4 aliphatic rings. The second-order valence-electron chi connectivity index (χ2n) is 7.65. The molecule has 0 aliphatic carbocycles. The lowest BCUT2D eigenvalue weighted by atomic mass is 10.1. The third-order valence-electron chi connectivity index (χ3n) is 5.86. The van der Waals surface area contributed by atoms with Crippen LogP contribution in [-0.2, 0) is 6.54 Å². The zero-order valence-electron chi connectivity index (χ0n) is 16.2. The van der Waals surface area contributed by atoms with Gasteiger partial charge in [0.2, 0.25) is 0 Å². The molecule has 1 aromatic rings. The first-order chi connectivity index (χ1) is 13.2. The smallest absolute Gasteiger partial charge is 0.194 e. The maximum absolute atomic E-state index is 6.06. The molecule has 1 atom stereocenters. The van der Waals surface area contributed by atoms with Crippen molar-refractivity contribution in [3.63, 3.8) is 0 Å². The first-order valence-electron chi connectivity index (χ1n) is 10.2. The summed E-state index contributed by atoms with van der Waals surface area (Å²) in [7, 11) is 0. The number of piperazine rings is 4. The van der Waals surface area contributed by atoms with Crippen LogP contribution in [0.3, 0.4) is 0 Å². The fraction of sp³-hybridized carbons (Fsp3) is 0.737. The van der Waals surface area contributed by atoms with E-state index in [1.807, 2.05) is 6.07 Å². The van der Waals surface area contributed by atoms with Gasteiger partial charge in [-0.3, -0.25) is 19.7 Å². The Hall–Kier alpha value is -0.860. The molecule has 1 unspecified atom stereocenters. The number of guanidine groups is 1. The van der Waals surface area contributed by atoms with Gasteiger partial charge in [-0.2, -0.15) is 0 Å². The van der Waals surface area contributed by atoms with E-state index in [2.05, 4.69) is 37.9 Å². The first kappa shape index (κ1) is 19.5. The summed E-state index contributed by atoms with van der Waals surface area (Å²) in [5.41, 5.74) is 0. The molecule has 6 nitrogen and oxygen atoms in total. The van der Waals surface area contributed by atoms with Gasteiger partial charge in [-0.15, -0.1) is 11.3 Å². The van der Waals surface area contributed by atoms with Crippen LogP contribution in [0.5, 0.6) is 0 Å². The number of thiophene rings is 1. The monoisotopic (exact) mass is 410 g/mol. The lowest BCUT2D eigenvalue weighted by Gasteiger charge is -2.47. The molecule has 0 saturated carbocycles. The van der Waals surface area contributed by atoms with Gasteiger partial charge in [-0.05, 0) is 19.1 Å². The zero-order chi connectivity index (χ0) is 18.6. The van der Waals surface area contributed by atoms with Crippen LogP contribution in [-0.4, -0.2) is 104 Å². The summed E-state index contributed by atoms with van der Waals surface area (Å²) in [5.74, 6) is 1.09. The molecular weight excluding hydrogens is 380 g/mol. The summed E-state index contributed by atoms with van der Waals surface area (Å²) in [6.45, 7) is 15.3. The standard InChI is InChI=1S/C19H31ClN6S/c1-2-21-19(22-13-16-14-23-5-9-25(16)10-6-23)26-11-7-24(8-12-26)15-17-3-4-18(20)27-17/h3-4,16H,2,5-15H2,1H3,(H,21,22). The van der Waals surface area contributed by atoms with E-state index < -0.39 is 0 Å². The SMILES string of the molecule is CCNC(=NCC1CN2CCN1CC2)N1CCN(Cc2ccc(Cl)s2)CC1. The Morgan fingerprint density at radius 1 is 1.15 bits per heavy atom. The van der Waals surface area contributed by atoms with Crippen LogP contribution in [0, 0.1) is 0 Å². The number of hydrogen-bond donors (Lipinski definition) is 1. The van der Waals surface area contributed by atoms with E-state index in [1.54, 1.807) is 11.3 Å². The second-order valence-corrected chi connectivity index (χ2v) is 9.45. The van der Waals surface area contributed by atoms with Crippen molar-refractivity contribution in [1.29, 1.82) is 0 Å². The molecule has 1 N–H and O–H groups in total. The van der Waals surface area contributed by atoms with E-state index in [0.29, 0.717) is 6.04 Å². The van der Waals surface area contributed by atoms with Gasteiger partial charge < -0.3 is 10.2 Å². The van der Waals surface area contributed by atoms with Crippen LogP contribution >= 0.6 is 22.9 Å². The van der Waals surface area contributed by atoms with Crippen LogP contribution in [0.2, 0.25) is 4.34 Å². The Labute approximate surface area is 171 Å². The van der Waals surface area contributed by atoms with E-state index in [4.69, 9.17) is 16.6 Å². The molecule has 27 heavy (non-hydrogen) atoms. The lowest BCUT2D eigenvalue weighted by molar-refractivity contribution is 0.0173. The second kappa shape index (κ2) is 9.09. The largest absolute Gasteiger partial charge is 0.357 e. The van der Waals surface area contributed by atoms with E-state index in [-0.39, 0.29) is 0 Å². The van der Waals surface area contributed by atoms with Gasteiger partial charge >= 0.3 is 0 Å². The topological polar surface area (TPSA) is 37.4 Å². The molecular formula is C19H31ClN6S. The summed E-state index contributed by atoms with van der Waals surface area (Å²) in [4.78, 5) is 16.5. The van der Waals surface area contributed by atoms with Gasteiger partial charge in [-0.25, -0.2) is 0 Å². The van der Waals surface area contributed by atoms with Crippen molar-refractivity contribution in [3.8, 4) is 0 Å². The number of aliphatic imine (C=N–C) groups is 1. The number of hydrogen-bond acceptors (Lipinski definition) is 5. The summed E-state index contributed by atoms with van der Waals surface area (Å²) in [6.07, 6.45) is 0. The molecule has 5 heterocycles. The Balaban J connectivity index is 1.30. The summed E-state index contributed by atoms with van der Waals surface area (Å²) >= 11 is 7.75. The number of nitrogens with zero attached hydrogens (tertiary/aromatic N) is 5. The van der Waals surface area contributed by atoms with Gasteiger partial charge in [-0.1, -0.05) is 11.6 Å². The van der Waals surface area contributed by atoms with Crippen molar-refractivity contribution in [2.24, 2.45) is 4.99 Å². The van der Waals surface area contributed by atoms with Gasteiger partial charge in [0.25, 0.3) is 0 Å². The third-order valence-corrected chi connectivity index (χ3v) is 7.07. The summed E-state index contributed by atoms with van der Waals surface area (Å²) < 4.78 is 0.883. The first-order valence-corrected chi connectivity index (χ1v) is 11.4. The normalized spacial score (nSPS) is 29.3. The molecule has 4 aliphatic heterocycles. The highest BCUT2D eigenvalue weighted by molar-refractivity contribution is 7.16. The maximum atomic E-state index is 6.06. The quantitative estimate of drug-likeness (QED) is 0.588. The molecule has 0 aromatic carbocycles. The number of halogens is 1. The van der Waals surface area contributed by atoms with E-state index >= 15 is 0 Å². The fourth-order valence-electron chi connectivity index (χ4n) is 4.29. The highest BCUT2D eigenvalue weighted by Crippen LogP contribution is 2.23. The molecule has 5 rings (SSSR count). The molecule has 0 radical (unpaired) electrons. The van der Waals surface area contributed by atoms with Crippen molar-refractivity contribution < 1.29 is 0 Å². The van der Waals surface area contributed by atoms with Crippen molar-refractivity contribution in [3.05, 3.63) is 21.3 Å². The van der Waals surface area contributed by atoms with Crippen molar-refractivity contribution in [2.75, 3.05) is 72.0 Å². The van der Waals surface area contributed by atoms with E-state index in [9.17, 15) is 0 Å². The summed E-state index contributed by atoms with van der Waals surface area (Å²) in [6, 6.07) is 4.73. The minimum absolute atomic E-state index is 0.589. The van der Waals surface area contributed by atoms with Crippen LogP contribution in [0.4, 0.5) is 0 Å². The highest BCUT2D eigenvalue weighted by atomic mass is 35.5. The van der Waals surface area contributed by atoms with Crippen LogP contribution in [0.15, 0.2) is 17.1 Å². The van der Waals surface area contributed by atoms with Crippen molar-refractivity contribution >= 4 is 28.9 Å². The average molecular weight is 411 g/mol. The Bertz CT molecular complexity index is 634. The number of fused-ring (bicyclic) bond motifs is 3. The predicted octanol–water partition coefficient (Wildman–Crippen LogP) is 1.48. The predicted molar refractivity (Wildman–Crippen MR) is 114 cm³/mol.